The van der Waals surface area contributed by atoms with Crippen LogP contribution in [0, 0.1) is 0 Å². The second kappa shape index (κ2) is 6.49. The van der Waals surface area contributed by atoms with Gasteiger partial charge < -0.3 is 20.7 Å². The van der Waals surface area contributed by atoms with Crippen molar-refractivity contribution in [3.63, 3.8) is 0 Å². The molecule has 0 fully saturated rings. The van der Waals surface area contributed by atoms with E-state index >= 15 is 0 Å². The van der Waals surface area contributed by atoms with Crippen LogP contribution >= 0.6 is 15.9 Å². The Bertz CT molecular complexity index is 745. The minimum Gasteiger partial charge on any atom is -0.465 e. The fourth-order valence-corrected chi connectivity index (χ4v) is 2.43. The third kappa shape index (κ3) is 4.15. The summed E-state index contributed by atoms with van der Waals surface area (Å²) in [6.45, 7) is -0.406. The summed E-state index contributed by atoms with van der Waals surface area (Å²) in [6.07, 6.45) is -5.03. The van der Waals surface area contributed by atoms with Crippen LogP contribution in [-0.2, 0) is 4.79 Å². The summed E-state index contributed by atoms with van der Waals surface area (Å²) in [4.78, 5) is 24.7. The zero-order valence-electron chi connectivity index (χ0n) is 11.4. The minimum absolute atomic E-state index is 0.340. The average molecular weight is 394 g/mol. The number of carbonyl (C=O) groups excluding carboxylic acids is 1. The topological polar surface area (TPSA) is 94.2 Å². The average Bonchev–Trinajstić information content (AvgIpc) is 2.84. The lowest BCUT2D eigenvalue weighted by Crippen LogP contribution is -2.43. The highest BCUT2D eigenvalue weighted by molar-refractivity contribution is 9.10. The van der Waals surface area contributed by atoms with E-state index in [1.807, 2.05) is 5.32 Å². The van der Waals surface area contributed by atoms with Gasteiger partial charge in [0.15, 0.2) is 0 Å². The Balaban J connectivity index is 2.36. The standard InChI is InChI=1S/C13H11BrF3N3O3/c14-6-1-2-9-7(3-6)8(4-18-9)10(5-19-12(22)23)20-11(21)13(15,16)17/h1-4,10,18-19H,5H2,(H,20,21)(H,22,23). The van der Waals surface area contributed by atoms with Crippen LogP contribution in [0.1, 0.15) is 11.6 Å². The number of carboxylic acid groups (broad SMARTS) is 1. The molecule has 0 aliphatic heterocycles. The molecule has 2 aromatic rings. The monoisotopic (exact) mass is 393 g/mol. The molecule has 23 heavy (non-hydrogen) atoms. The SMILES string of the molecule is O=C(O)NCC(NC(=O)C(F)(F)F)c1c[nH]c2ccc(Br)cc12. The van der Waals surface area contributed by atoms with Gasteiger partial charge in [-0.2, -0.15) is 13.2 Å². The van der Waals surface area contributed by atoms with Crippen molar-refractivity contribution in [2.24, 2.45) is 0 Å². The normalized spacial score (nSPS) is 12.9. The summed E-state index contributed by atoms with van der Waals surface area (Å²) < 4.78 is 38.1. The number of aromatic amines is 1. The van der Waals surface area contributed by atoms with Crippen LogP contribution in [0.15, 0.2) is 28.9 Å². The number of aromatic nitrogens is 1. The van der Waals surface area contributed by atoms with Crippen LogP contribution in [0.2, 0.25) is 0 Å². The number of rotatable bonds is 4. The van der Waals surface area contributed by atoms with E-state index in [1.165, 1.54) is 6.20 Å². The van der Waals surface area contributed by atoms with Crippen molar-refractivity contribution < 1.29 is 27.9 Å². The third-order valence-electron chi connectivity index (χ3n) is 3.07. The molecule has 1 atom stereocenters. The Morgan fingerprint density at radius 3 is 2.65 bits per heavy atom. The van der Waals surface area contributed by atoms with Crippen LogP contribution in [0.3, 0.4) is 0 Å². The maximum absolute atomic E-state index is 12.5. The highest BCUT2D eigenvalue weighted by Crippen LogP contribution is 2.28. The van der Waals surface area contributed by atoms with Gasteiger partial charge in [0.1, 0.15) is 0 Å². The molecule has 1 aromatic heterocycles. The van der Waals surface area contributed by atoms with Crippen molar-refractivity contribution in [2.75, 3.05) is 6.54 Å². The number of nitrogens with one attached hydrogen (secondary N) is 3. The molecule has 0 saturated carbocycles. The molecule has 0 saturated heterocycles. The first-order valence-electron chi connectivity index (χ1n) is 6.29. The smallest absolute Gasteiger partial charge is 0.465 e. The Morgan fingerprint density at radius 1 is 1.35 bits per heavy atom. The van der Waals surface area contributed by atoms with Crippen molar-refractivity contribution in [1.29, 1.82) is 0 Å². The number of hydrogen-bond acceptors (Lipinski definition) is 2. The Labute approximate surface area is 136 Å². The van der Waals surface area contributed by atoms with Crippen LogP contribution in [-0.4, -0.2) is 34.8 Å². The third-order valence-corrected chi connectivity index (χ3v) is 3.56. The van der Waals surface area contributed by atoms with E-state index < -0.39 is 30.8 Å². The van der Waals surface area contributed by atoms with Crippen LogP contribution in [0.5, 0.6) is 0 Å². The van der Waals surface area contributed by atoms with Crippen molar-refractivity contribution in [3.8, 4) is 0 Å². The van der Waals surface area contributed by atoms with Crippen molar-refractivity contribution in [3.05, 3.63) is 34.4 Å². The largest absolute Gasteiger partial charge is 0.471 e. The fourth-order valence-electron chi connectivity index (χ4n) is 2.07. The highest BCUT2D eigenvalue weighted by Gasteiger charge is 2.40. The van der Waals surface area contributed by atoms with Gasteiger partial charge in [-0.15, -0.1) is 0 Å². The molecule has 4 N–H and O–H groups in total. The molecule has 6 nitrogen and oxygen atoms in total. The molecule has 2 rings (SSSR count). The summed E-state index contributed by atoms with van der Waals surface area (Å²) in [5.74, 6) is -2.14. The zero-order chi connectivity index (χ0) is 17.2. The molecule has 10 heteroatoms. The first-order chi connectivity index (χ1) is 10.7. The second-order valence-corrected chi connectivity index (χ2v) is 5.56. The predicted octanol–water partition coefficient (Wildman–Crippen LogP) is 2.92. The summed E-state index contributed by atoms with van der Waals surface area (Å²) in [5, 5.41) is 13.0. The second-order valence-electron chi connectivity index (χ2n) is 4.64. The highest BCUT2D eigenvalue weighted by atomic mass is 79.9. The van der Waals surface area contributed by atoms with Crippen LogP contribution < -0.4 is 10.6 Å². The molecule has 1 heterocycles. The van der Waals surface area contributed by atoms with Gasteiger partial charge in [0.25, 0.3) is 0 Å². The Morgan fingerprint density at radius 2 is 2.04 bits per heavy atom. The first kappa shape index (κ1) is 17.1. The first-order valence-corrected chi connectivity index (χ1v) is 7.09. The summed E-state index contributed by atoms with van der Waals surface area (Å²) in [6, 6.07) is 3.93. The molecule has 0 bridgehead atoms. The molecule has 0 aliphatic carbocycles. The molecule has 2 amide bonds. The molecule has 1 unspecified atom stereocenters. The van der Waals surface area contributed by atoms with Crippen molar-refractivity contribution in [2.45, 2.75) is 12.2 Å². The number of benzene rings is 1. The van der Waals surface area contributed by atoms with Gasteiger partial charge in [-0.25, -0.2) is 4.79 Å². The fraction of sp³-hybridized carbons (Fsp3) is 0.231. The Kier molecular flexibility index (Phi) is 4.83. The summed E-state index contributed by atoms with van der Waals surface area (Å²) in [5.41, 5.74) is 0.984. The van der Waals surface area contributed by atoms with Gasteiger partial charge in [-0.3, -0.25) is 4.79 Å². The van der Waals surface area contributed by atoms with E-state index in [9.17, 15) is 22.8 Å². The number of alkyl halides is 3. The van der Waals surface area contributed by atoms with Gasteiger partial charge in [0.05, 0.1) is 6.04 Å². The molecular weight excluding hydrogens is 383 g/mol. The molecule has 124 valence electrons. The number of H-pyrrole nitrogens is 1. The van der Waals surface area contributed by atoms with Crippen LogP contribution in [0.4, 0.5) is 18.0 Å². The maximum Gasteiger partial charge on any atom is 0.471 e. The maximum atomic E-state index is 12.5. The van der Waals surface area contributed by atoms with E-state index in [4.69, 9.17) is 5.11 Å². The van der Waals surface area contributed by atoms with Gasteiger partial charge in [0, 0.05) is 33.7 Å². The van der Waals surface area contributed by atoms with Gasteiger partial charge in [-0.1, -0.05) is 15.9 Å². The molecule has 0 radical (unpaired) electrons. The molecule has 0 aliphatic rings. The molecule has 0 spiro atoms. The van der Waals surface area contributed by atoms with Crippen LogP contribution in [0.25, 0.3) is 10.9 Å². The van der Waals surface area contributed by atoms with Gasteiger partial charge in [0.2, 0.25) is 0 Å². The lowest BCUT2D eigenvalue weighted by atomic mass is 10.1. The number of hydrogen-bond donors (Lipinski definition) is 4. The number of carbonyl (C=O) groups is 2. The van der Waals surface area contributed by atoms with Gasteiger partial charge in [-0.05, 0) is 18.2 Å². The van der Waals surface area contributed by atoms with Gasteiger partial charge >= 0.3 is 18.2 Å². The van der Waals surface area contributed by atoms with E-state index in [1.54, 1.807) is 23.5 Å². The van der Waals surface area contributed by atoms with Crippen molar-refractivity contribution >= 4 is 38.8 Å². The van der Waals surface area contributed by atoms with Crippen molar-refractivity contribution in [1.82, 2.24) is 15.6 Å². The predicted molar refractivity (Wildman–Crippen MR) is 79.0 cm³/mol. The molecule has 1 aromatic carbocycles. The van der Waals surface area contributed by atoms with E-state index in [0.29, 0.717) is 20.9 Å². The lowest BCUT2D eigenvalue weighted by molar-refractivity contribution is -0.174. The number of halogens is 4. The van der Waals surface area contributed by atoms with E-state index in [-0.39, 0.29) is 0 Å². The summed E-state index contributed by atoms with van der Waals surface area (Å²) in [7, 11) is 0. The lowest BCUT2D eigenvalue weighted by Gasteiger charge is -2.19. The number of fused-ring (bicyclic) bond motifs is 1. The zero-order valence-corrected chi connectivity index (χ0v) is 13.0. The quantitative estimate of drug-likeness (QED) is 0.643. The minimum atomic E-state index is -5.06. The summed E-state index contributed by atoms with van der Waals surface area (Å²) >= 11 is 3.25. The number of amides is 2. The Hall–Kier alpha value is -2.23. The van der Waals surface area contributed by atoms with E-state index in [2.05, 4.69) is 20.9 Å². The molecular formula is C13H11BrF3N3O3. The van der Waals surface area contributed by atoms with E-state index in [0.717, 1.165) is 0 Å².